The van der Waals surface area contributed by atoms with E-state index in [1.807, 2.05) is 18.2 Å². The number of nitrogen functional groups attached to an aromatic ring is 1. The van der Waals surface area contributed by atoms with Gasteiger partial charge in [0, 0.05) is 11.0 Å². The van der Waals surface area contributed by atoms with Crippen LogP contribution in [0.15, 0.2) is 22.7 Å². The molecule has 11 heavy (non-hydrogen) atoms. The fraction of sp³-hybridized carbons (Fsp3) is 0.143. The Hall–Kier alpha value is -0.580. The summed E-state index contributed by atoms with van der Waals surface area (Å²) in [5.74, 6) is 5.26. The zero-order valence-electron chi connectivity index (χ0n) is 5.97. The number of anilines is 1. The van der Waals surface area contributed by atoms with Crippen LogP contribution < -0.4 is 17.0 Å². The molecule has 0 saturated heterocycles. The fourth-order valence-corrected chi connectivity index (χ4v) is 1.28. The number of nitrogens with one attached hydrogen (secondary N) is 1. The molecular formula is C7H10BrN3. The van der Waals surface area contributed by atoms with Gasteiger partial charge >= 0.3 is 0 Å². The Bertz CT molecular complexity index is 249. The van der Waals surface area contributed by atoms with Gasteiger partial charge in [-0.3, -0.25) is 5.84 Å². The minimum absolute atomic E-state index is 0.485. The van der Waals surface area contributed by atoms with Gasteiger partial charge in [0.2, 0.25) is 0 Å². The average molecular weight is 216 g/mol. The number of hydrazine groups is 1. The van der Waals surface area contributed by atoms with Crippen LogP contribution >= 0.6 is 15.9 Å². The van der Waals surface area contributed by atoms with Crippen LogP contribution in [0, 0.1) is 0 Å². The van der Waals surface area contributed by atoms with Gasteiger partial charge in [0.1, 0.15) is 0 Å². The van der Waals surface area contributed by atoms with Gasteiger partial charge < -0.3 is 11.2 Å². The fourth-order valence-electron chi connectivity index (χ4n) is 0.872. The van der Waals surface area contributed by atoms with E-state index >= 15 is 0 Å². The molecule has 1 aromatic rings. The highest BCUT2D eigenvalue weighted by molar-refractivity contribution is 9.10. The number of nitrogens with two attached hydrogens (primary N) is 2. The molecule has 0 aliphatic rings. The second kappa shape index (κ2) is 3.71. The third-order valence-corrected chi connectivity index (χ3v) is 1.94. The third kappa shape index (κ3) is 1.92. The summed E-state index contributed by atoms with van der Waals surface area (Å²) in [5, 5.41) is 0. The molecule has 5 N–H and O–H groups in total. The average Bonchev–Trinajstić information content (AvgIpc) is 2.04. The summed E-state index contributed by atoms with van der Waals surface area (Å²) < 4.78 is 1.01. The Morgan fingerprint density at radius 1 is 1.45 bits per heavy atom. The Kier molecular flexibility index (Phi) is 2.87. The molecule has 0 bridgehead atoms. The van der Waals surface area contributed by atoms with Crippen LogP contribution in [0.5, 0.6) is 0 Å². The summed E-state index contributed by atoms with van der Waals surface area (Å²) in [6.07, 6.45) is 0. The van der Waals surface area contributed by atoms with Crippen molar-refractivity contribution in [2.24, 2.45) is 11.6 Å². The predicted molar refractivity (Wildman–Crippen MR) is 49.8 cm³/mol. The van der Waals surface area contributed by atoms with Crippen LogP contribution in [0.1, 0.15) is 5.56 Å². The molecule has 0 spiro atoms. The van der Waals surface area contributed by atoms with E-state index in [-0.39, 0.29) is 0 Å². The topological polar surface area (TPSA) is 64.1 Å². The first kappa shape index (κ1) is 8.52. The number of rotatable bonds is 2. The molecule has 0 amide bonds. The summed E-state index contributed by atoms with van der Waals surface area (Å²) in [4.78, 5) is 0. The molecule has 0 aromatic heterocycles. The minimum Gasteiger partial charge on any atom is -0.326 e. The molecule has 0 unspecified atom stereocenters. The number of hydrogen-bond donors (Lipinski definition) is 3. The maximum Gasteiger partial charge on any atom is 0.0530 e. The van der Waals surface area contributed by atoms with Crippen molar-refractivity contribution in [3.05, 3.63) is 28.2 Å². The Labute approximate surface area is 73.9 Å². The van der Waals surface area contributed by atoms with E-state index in [0.717, 1.165) is 15.7 Å². The molecule has 0 saturated carbocycles. The van der Waals surface area contributed by atoms with Crippen LogP contribution in [-0.2, 0) is 6.54 Å². The van der Waals surface area contributed by atoms with E-state index in [0.29, 0.717) is 6.54 Å². The van der Waals surface area contributed by atoms with E-state index in [1.165, 1.54) is 0 Å². The highest BCUT2D eigenvalue weighted by atomic mass is 79.9. The van der Waals surface area contributed by atoms with Crippen molar-refractivity contribution in [3.8, 4) is 0 Å². The van der Waals surface area contributed by atoms with Gasteiger partial charge in [-0.15, -0.1) is 0 Å². The molecule has 0 heterocycles. The third-order valence-electron chi connectivity index (χ3n) is 1.44. The van der Waals surface area contributed by atoms with Gasteiger partial charge in [-0.05, 0) is 23.8 Å². The molecule has 1 rings (SSSR count). The van der Waals surface area contributed by atoms with Gasteiger partial charge in [0.05, 0.1) is 5.69 Å². The van der Waals surface area contributed by atoms with Gasteiger partial charge in [-0.2, -0.15) is 0 Å². The number of halogens is 1. The molecule has 0 atom stereocenters. The smallest absolute Gasteiger partial charge is 0.0530 e. The molecular weight excluding hydrogens is 206 g/mol. The van der Waals surface area contributed by atoms with Crippen molar-refractivity contribution >= 4 is 21.6 Å². The van der Waals surface area contributed by atoms with Crippen molar-refractivity contribution in [3.63, 3.8) is 0 Å². The van der Waals surface area contributed by atoms with Gasteiger partial charge in [-0.25, -0.2) is 0 Å². The van der Waals surface area contributed by atoms with Crippen molar-refractivity contribution in [1.29, 1.82) is 0 Å². The molecule has 3 nitrogen and oxygen atoms in total. The summed E-state index contributed by atoms with van der Waals surface area (Å²) in [7, 11) is 0. The van der Waals surface area contributed by atoms with Crippen LogP contribution in [0.25, 0.3) is 0 Å². The zero-order valence-corrected chi connectivity index (χ0v) is 7.56. The first-order valence-corrected chi connectivity index (χ1v) is 4.02. The zero-order chi connectivity index (χ0) is 8.27. The molecule has 0 aliphatic carbocycles. The Morgan fingerprint density at radius 2 is 2.18 bits per heavy atom. The van der Waals surface area contributed by atoms with Crippen LogP contribution in [0.4, 0.5) is 5.69 Å². The van der Waals surface area contributed by atoms with Crippen molar-refractivity contribution in [2.45, 2.75) is 6.54 Å². The Morgan fingerprint density at radius 3 is 2.73 bits per heavy atom. The van der Waals surface area contributed by atoms with Crippen molar-refractivity contribution in [2.75, 3.05) is 5.43 Å². The van der Waals surface area contributed by atoms with Crippen LogP contribution in [0.3, 0.4) is 0 Å². The number of benzene rings is 1. The quantitative estimate of drug-likeness (QED) is 0.514. The Balaban J connectivity index is 3.06. The predicted octanol–water partition coefficient (Wildman–Crippen LogP) is 1.19. The maximum atomic E-state index is 5.48. The molecule has 0 radical (unpaired) electrons. The first-order chi connectivity index (χ1) is 5.27. The van der Waals surface area contributed by atoms with E-state index < -0.39 is 0 Å². The lowest BCUT2D eigenvalue weighted by molar-refractivity contribution is 1.06. The molecule has 1 aromatic carbocycles. The van der Waals surface area contributed by atoms with Crippen LogP contribution in [-0.4, -0.2) is 0 Å². The van der Waals surface area contributed by atoms with Crippen molar-refractivity contribution in [1.82, 2.24) is 0 Å². The molecule has 4 heteroatoms. The summed E-state index contributed by atoms with van der Waals surface area (Å²) in [6.45, 7) is 0.485. The number of hydrogen-bond acceptors (Lipinski definition) is 3. The summed E-state index contributed by atoms with van der Waals surface area (Å²) >= 11 is 3.34. The van der Waals surface area contributed by atoms with Gasteiger partial charge in [-0.1, -0.05) is 15.9 Å². The van der Waals surface area contributed by atoms with E-state index in [1.54, 1.807) is 0 Å². The second-order valence-electron chi connectivity index (χ2n) is 2.15. The highest BCUT2D eigenvalue weighted by Gasteiger charge is 1.98. The molecule has 0 aliphatic heterocycles. The van der Waals surface area contributed by atoms with E-state index in [2.05, 4.69) is 21.4 Å². The monoisotopic (exact) mass is 215 g/mol. The van der Waals surface area contributed by atoms with Gasteiger partial charge in [0.25, 0.3) is 0 Å². The van der Waals surface area contributed by atoms with Gasteiger partial charge in [0.15, 0.2) is 0 Å². The van der Waals surface area contributed by atoms with E-state index in [9.17, 15) is 0 Å². The van der Waals surface area contributed by atoms with Crippen LogP contribution in [0.2, 0.25) is 0 Å². The lowest BCUT2D eigenvalue weighted by Crippen LogP contribution is -2.10. The standard InChI is InChI=1S/C7H10BrN3/c8-6-1-2-7(11-10)5(3-6)4-9/h1-3,11H,4,9-10H2. The van der Waals surface area contributed by atoms with Crippen molar-refractivity contribution < 1.29 is 0 Å². The maximum absolute atomic E-state index is 5.48. The second-order valence-corrected chi connectivity index (χ2v) is 3.07. The SMILES string of the molecule is NCc1cc(Br)ccc1NN. The lowest BCUT2D eigenvalue weighted by atomic mass is 10.2. The first-order valence-electron chi connectivity index (χ1n) is 3.23. The molecule has 0 fully saturated rings. The minimum atomic E-state index is 0.485. The highest BCUT2D eigenvalue weighted by Crippen LogP contribution is 2.19. The summed E-state index contributed by atoms with van der Waals surface area (Å²) in [5.41, 5.74) is 9.92. The normalized spacial score (nSPS) is 9.73. The summed E-state index contributed by atoms with van der Waals surface area (Å²) in [6, 6.07) is 5.73. The molecule has 60 valence electrons. The lowest BCUT2D eigenvalue weighted by Gasteiger charge is -2.06. The largest absolute Gasteiger partial charge is 0.326 e. The van der Waals surface area contributed by atoms with E-state index in [4.69, 9.17) is 11.6 Å².